The molecular formula is C50H34N4. The predicted octanol–water partition coefficient (Wildman–Crippen LogP) is 12.2. The van der Waals surface area contributed by atoms with Crippen molar-refractivity contribution >= 4 is 43.6 Å². The summed E-state index contributed by atoms with van der Waals surface area (Å²) in [5, 5.41) is 26.3. The summed E-state index contributed by atoms with van der Waals surface area (Å²) in [5.74, 6) is 0. The summed E-state index contributed by atoms with van der Waals surface area (Å²) in [6.45, 7) is 9.21. The molecule has 0 atom stereocenters. The van der Waals surface area contributed by atoms with Crippen LogP contribution < -0.4 is 0 Å². The largest absolute Gasteiger partial charge is 0.307 e. The average molecular weight is 691 g/mol. The molecule has 0 fully saturated rings. The lowest BCUT2D eigenvalue weighted by molar-refractivity contribution is 0.660. The van der Waals surface area contributed by atoms with Gasteiger partial charge in [-0.2, -0.15) is 10.5 Å². The molecule has 2 aliphatic carbocycles. The fourth-order valence-electron chi connectivity index (χ4n) is 10.1. The molecule has 254 valence electrons. The van der Waals surface area contributed by atoms with Crippen LogP contribution in [-0.2, 0) is 10.8 Å². The maximum Gasteiger partial charge on any atom is 0.101 e. The maximum atomic E-state index is 10.9. The SMILES string of the molecule is CC1(C)c2ccccc2-c2c1ccc1c3ccccc3n(-c3cc(-n4c5ccccc5c5ccc6c(c54)-c4ccccc4C6(C)C)c(C#N)cc3C#N)c21. The van der Waals surface area contributed by atoms with Crippen molar-refractivity contribution in [2.75, 3.05) is 0 Å². The molecule has 0 aliphatic heterocycles. The molecular weight excluding hydrogens is 657 g/mol. The van der Waals surface area contributed by atoms with E-state index in [1.54, 1.807) is 6.07 Å². The van der Waals surface area contributed by atoms with E-state index in [4.69, 9.17) is 0 Å². The van der Waals surface area contributed by atoms with Crippen LogP contribution in [0.1, 0.15) is 61.1 Å². The van der Waals surface area contributed by atoms with Crippen LogP contribution in [0.5, 0.6) is 0 Å². The van der Waals surface area contributed by atoms with Gasteiger partial charge in [-0.25, -0.2) is 0 Å². The molecule has 0 radical (unpaired) electrons. The molecule has 0 amide bonds. The summed E-state index contributed by atoms with van der Waals surface area (Å²) in [6, 6.07) is 52.5. The van der Waals surface area contributed by atoms with Crippen molar-refractivity contribution in [3.63, 3.8) is 0 Å². The number of hydrogen-bond donors (Lipinski definition) is 0. The van der Waals surface area contributed by atoms with E-state index in [0.717, 1.165) is 55.0 Å². The van der Waals surface area contributed by atoms with Gasteiger partial charge < -0.3 is 9.13 Å². The lowest BCUT2D eigenvalue weighted by Crippen LogP contribution is -2.14. The number of aromatic nitrogens is 2. The topological polar surface area (TPSA) is 57.4 Å². The molecule has 2 aromatic heterocycles. The molecule has 7 aromatic carbocycles. The van der Waals surface area contributed by atoms with Crippen LogP contribution >= 0.6 is 0 Å². The van der Waals surface area contributed by atoms with Crippen LogP contribution in [0, 0.1) is 22.7 Å². The van der Waals surface area contributed by atoms with E-state index in [1.807, 2.05) is 0 Å². The second-order valence-electron chi connectivity index (χ2n) is 15.9. The number of nitrogens with zero attached hydrogens (tertiary/aromatic N) is 4. The minimum absolute atomic E-state index is 0.192. The first-order valence-electron chi connectivity index (χ1n) is 18.6. The minimum atomic E-state index is -0.192. The van der Waals surface area contributed by atoms with E-state index in [9.17, 15) is 10.5 Å². The Morgan fingerprint density at radius 3 is 1.28 bits per heavy atom. The Balaban J connectivity index is 1.32. The summed E-state index contributed by atoms with van der Waals surface area (Å²) >= 11 is 0. The van der Waals surface area contributed by atoms with Gasteiger partial charge in [-0.3, -0.25) is 0 Å². The second kappa shape index (κ2) is 10.4. The molecule has 4 heteroatoms. The summed E-state index contributed by atoms with van der Waals surface area (Å²) in [5.41, 5.74) is 16.2. The van der Waals surface area contributed by atoms with Gasteiger partial charge in [0.1, 0.15) is 12.1 Å². The highest BCUT2D eigenvalue weighted by Gasteiger charge is 2.39. The Morgan fingerprint density at radius 2 is 0.833 bits per heavy atom. The summed E-state index contributed by atoms with van der Waals surface area (Å²) in [4.78, 5) is 0. The van der Waals surface area contributed by atoms with Crippen LogP contribution in [0.4, 0.5) is 0 Å². The predicted molar refractivity (Wildman–Crippen MR) is 220 cm³/mol. The molecule has 0 saturated carbocycles. The van der Waals surface area contributed by atoms with E-state index in [-0.39, 0.29) is 10.8 Å². The van der Waals surface area contributed by atoms with E-state index >= 15 is 0 Å². The zero-order chi connectivity index (χ0) is 36.7. The van der Waals surface area contributed by atoms with Crippen molar-refractivity contribution in [3.8, 4) is 45.8 Å². The fraction of sp³-hybridized carbons (Fsp3) is 0.120. The molecule has 2 aliphatic rings. The number of rotatable bonds is 2. The molecule has 0 saturated heterocycles. The van der Waals surface area contributed by atoms with Crippen LogP contribution in [-0.4, -0.2) is 9.13 Å². The second-order valence-corrected chi connectivity index (χ2v) is 15.9. The third kappa shape index (κ3) is 3.65. The first-order chi connectivity index (χ1) is 26.3. The number of benzene rings is 7. The third-order valence-corrected chi connectivity index (χ3v) is 12.6. The van der Waals surface area contributed by atoms with Gasteiger partial charge in [0.25, 0.3) is 0 Å². The molecule has 2 heterocycles. The van der Waals surface area contributed by atoms with Crippen molar-refractivity contribution in [2.45, 2.75) is 38.5 Å². The lowest BCUT2D eigenvalue weighted by atomic mass is 9.82. The van der Waals surface area contributed by atoms with E-state index in [2.05, 4.69) is 176 Å². The highest BCUT2D eigenvalue weighted by atomic mass is 15.0. The van der Waals surface area contributed by atoms with Gasteiger partial charge in [-0.1, -0.05) is 137 Å². The van der Waals surface area contributed by atoms with Gasteiger partial charge >= 0.3 is 0 Å². The Kier molecular flexibility index (Phi) is 5.90. The number of nitriles is 2. The molecule has 4 nitrogen and oxygen atoms in total. The van der Waals surface area contributed by atoms with Crippen molar-refractivity contribution in [3.05, 3.63) is 167 Å². The zero-order valence-corrected chi connectivity index (χ0v) is 30.5. The van der Waals surface area contributed by atoms with Gasteiger partial charge in [0, 0.05) is 43.5 Å². The first kappa shape index (κ1) is 30.7. The van der Waals surface area contributed by atoms with Crippen LogP contribution in [0.15, 0.2) is 133 Å². The van der Waals surface area contributed by atoms with Gasteiger partial charge in [-0.05, 0) is 57.6 Å². The van der Waals surface area contributed by atoms with Crippen molar-refractivity contribution in [2.24, 2.45) is 0 Å². The van der Waals surface area contributed by atoms with Crippen LogP contribution in [0.25, 0.3) is 77.2 Å². The van der Waals surface area contributed by atoms with Gasteiger partial charge in [0.05, 0.1) is 44.6 Å². The maximum absolute atomic E-state index is 10.9. The highest BCUT2D eigenvalue weighted by molar-refractivity contribution is 6.17. The fourth-order valence-corrected chi connectivity index (χ4v) is 10.1. The van der Waals surface area contributed by atoms with Crippen molar-refractivity contribution in [1.82, 2.24) is 9.13 Å². The Bertz CT molecular complexity index is 3030. The molecule has 54 heavy (non-hydrogen) atoms. The molecule has 0 N–H and O–H groups in total. The summed E-state index contributed by atoms with van der Waals surface area (Å²) < 4.78 is 4.59. The zero-order valence-electron chi connectivity index (χ0n) is 30.5. The molecule has 9 aromatic rings. The highest BCUT2D eigenvalue weighted by Crippen LogP contribution is 2.55. The van der Waals surface area contributed by atoms with E-state index < -0.39 is 0 Å². The molecule has 0 unspecified atom stereocenters. The minimum Gasteiger partial charge on any atom is -0.307 e. The summed E-state index contributed by atoms with van der Waals surface area (Å²) in [7, 11) is 0. The standard InChI is InChI=1S/C50H34N4/c1-49(2)37-17-9-5-15-35(37)45-39(49)23-21-33-31-13-7-11-19-41(31)53(47(33)45)43-26-44(30(28-52)25-29(43)27-51)54-42-20-12-8-14-32(42)34-22-24-40-46(48(34)54)36-16-6-10-18-38(36)50(40,3)4/h5-26H,1-4H3. The summed E-state index contributed by atoms with van der Waals surface area (Å²) in [6.07, 6.45) is 0. The van der Waals surface area contributed by atoms with E-state index in [0.29, 0.717) is 11.1 Å². The number of fused-ring (bicyclic) bond motifs is 14. The monoisotopic (exact) mass is 690 g/mol. The van der Waals surface area contributed by atoms with Crippen molar-refractivity contribution < 1.29 is 0 Å². The van der Waals surface area contributed by atoms with Gasteiger partial charge in [0.2, 0.25) is 0 Å². The van der Waals surface area contributed by atoms with E-state index in [1.165, 1.54) is 44.5 Å². The number of hydrogen-bond acceptors (Lipinski definition) is 2. The van der Waals surface area contributed by atoms with Gasteiger partial charge in [0.15, 0.2) is 0 Å². The van der Waals surface area contributed by atoms with Crippen LogP contribution in [0.2, 0.25) is 0 Å². The smallest absolute Gasteiger partial charge is 0.101 e. The van der Waals surface area contributed by atoms with Crippen LogP contribution in [0.3, 0.4) is 0 Å². The third-order valence-electron chi connectivity index (χ3n) is 12.6. The normalized spacial score (nSPS) is 14.6. The molecule has 0 spiro atoms. The van der Waals surface area contributed by atoms with Crippen molar-refractivity contribution in [1.29, 1.82) is 10.5 Å². The Labute approximate surface area is 313 Å². The lowest BCUT2D eigenvalue weighted by Gasteiger charge is -2.22. The number of para-hydroxylation sites is 2. The first-order valence-corrected chi connectivity index (χ1v) is 18.6. The quantitative estimate of drug-likeness (QED) is 0.181. The molecule has 0 bridgehead atoms. The molecule has 11 rings (SSSR count). The Morgan fingerprint density at radius 1 is 0.426 bits per heavy atom. The van der Waals surface area contributed by atoms with Gasteiger partial charge in [-0.15, -0.1) is 0 Å². The average Bonchev–Trinajstić information content (AvgIpc) is 3.86. The Hall–Kier alpha value is -6.88.